The Kier molecular flexibility index (Phi) is 4.19. The molecule has 0 unspecified atom stereocenters. The number of carbonyl (C=O) groups is 1. The van der Waals surface area contributed by atoms with Crippen molar-refractivity contribution in [1.82, 2.24) is 4.57 Å². The highest BCUT2D eigenvalue weighted by atomic mass is 79.9. The molecule has 1 aromatic carbocycles. The van der Waals surface area contributed by atoms with E-state index in [4.69, 9.17) is 4.74 Å². The van der Waals surface area contributed by atoms with Gasteiger partial charge in [-0.2, -0.15) is 0 Å². The summed E-state index contributed by atoms with van der Waals surface area (Å²) in [5, 5.41) is 10.7. The number of halogens is 1. The molecule has 0 saturated heterocycles. The average Bonchev–Trinajstić information content (AvgIpc) is 2.82. The molecule has 2 aromatic rings. The largest absolute Gasteiger partial charge is 0.485 e. The first-order chi connectivity index (χ1) is 9.45. The van der Waals surface area contributed by atoms with Crippen molar-refractivity contribution in [2.75, 3.05) is 6.61 Å². The number of aryl methyl sites for hydroxylation is 1. The summed E-state index contributed by atoms with van der Waals surface area (Å²) in [4.78, 5) is 22.1. The van der Waals surface area contributed by atoms with Crippen LogP contribution in [-0.2, 0) is 7.05 Å². The Morgan fingerprint density at radius 1 is 1.45 bits per heavy atom. The number of aromatic nitrogens is 1. The predicted octanol–water partition coefficient (Wildman–Crippen LogP) is 2.96. The number of nitrogens with zero attached hydrogens (tertiary/aromatic N) is 2. The van der Waals surface area contributed by atoms with E-state index < -0.39 is 4.92 Å². The van der Waals surface area contributed by atoms with Crippen LogP contribution < -0.4 is 4.74 Å². The highest BCUT2D eigenvalue weighted by Crippen LogP contribution is 2.26. The Labute approximate surface area is 123 Å². The van der Waals surface area contributed by atoms with E-state index in [-0.39, 0.29) is 23.8 Å². The minimum atomic E-state index is -0.517. The molecule has 1 heterocycles. The van der Waals surface area contributed by atoms with Crippen LogP contribution >= 0.6 is 15.9 Å². The standard InChI is InChI=1S/C13H11BrN2O4/c1-15-3-2-9(7-15)13(17)8-20-12-5-10(14)4-11(6-12)16(18)19/h2-7H,8H2,1H3. The Balaban J connectivity index is 2.07. The summed E-state index contributed by atoms with van der Waals surface area (Å²) in [6, 6.07) is 5.91. The van der Waals surface area contributed by atoms with Gasteiger partial charge in [-0.05, 0) is 12.1 Å². The molecule has 0 N–H and O–H groups in total. The zero-order valence-electron chi connectivity index (χ0n) is 10.6. The van der Waals surface area contributed by atoms with Crippen molar-refractivity contribution in [3.05, 3.63) is 56.8 Å². The number of hydrogen-bond donors (Lipinski definition) is 0. The van der Waals surface area contributed by atoms with Gasteiger partial charge in [-0.15, -0.1) is 0 Å². The average molecular weight is 339 g/mol. The molecule has 7 heteroatoms. The number of nitro groups is 1. The van der Waals surface area contributed by atoms with E-state index in [2.05, 4.69) is 15.9 Å². The zero-order valence-corrected chi connectivity index (χ0v) is 12.2. The summed E-state index contributed by atoms with van der Waals surface area (Å²) in [6.45, 7) is -0.169. The third-order valence-corrected chi connectivity index (χ3v) is 3.05. The molecular formula is C13H11BrN2O4. The molecule has 0 aliphatic carbocycles. The number of nitro benzene ring substituents is 1. The molecule has 1 aromatic heterocycles. The minimum absolute atomic E-state index is 0.0958. The van der Waals surface area contributed by atoms with Crippen LogP contribution in [0.25, 0.3) is 0 Å². The van der Waals surface area contributed by atoms with Crippen molar-refractivity contribution in [2.24, 2.45) is 7.05 Å². The van der Waals surface area contributed by atoms with Crippen molar-refractivity contribution in [1.29, 1.82) is 0 Å². The molecule has 6 nitrogen and oxygen atoms in total. The highest BCUT2D eigenvalue weighted by Gasteiger charge is 2.12. The van der Waals surface area contributed by atoms with Gasteiger partial charge >= 0.3 is 0 Å². The molecule has 0 fully saturated rings. The molecule has 0 spiro atoms. The lowest BCUT2D eigenvalue weighted by molar-refractivity contribution is -0.385. The number of rotatable bonds is 5. The van der Waals surface area contributed by atoms with Gasteiger partial charge in [-0.3, -0.25) is 14.9 Å². The Morgan fingerprint density at radius 2 is 2.20 bits per heavy atom. The second kappa shape index (κ2) is 5.87. The molecule has 0 atom stereocenters. The van der Waals surface area contributed by atoms with Crippen molar-refractivity contribution in [2.45, 2.75) is 0 Å². The molecule has 104 valence electrons. The predicted molar refractivity (Wildman–Crippen MR) is 76.0 cm³/mol. The van der Waals surface area contributed by atoms with Gasteiger partial charge in [0.1, 0.15) is 5.75 Å². The van der Waals surface area contributed by atoms with E-state index in [1.54, 1.807) is 29.1 Å². The summed E-state index contributed by atoms with van der Waals surface area (Å²) in [5.74, 6) is 0.0867. The number of ether oxygens (including phenoxy) is 1. The van der Waals surface area contributed by atoms with E-state index in [1.165, 1.54) is 12.1 Å². The lowest BCUT2D eigenvalue weighted by Crippen LogP contribution is -2.11. The van der Waals surface area contributed by atoms with Crippen LogP contribution in [0, 0.1) is 10.1 Å². The van der Waals surface area contributed by atoms with Crippen LogP contribution in [0.4, 0.5) is 5.69 Å². The fourth-order valence-corrected chi connectivity index (χ4v) is 2.10. The van der Waals surface area contributed by atoms with E-state index >= 15 is 0 Å². The fraction of sp³-hybridized carbons (Fsp3) is 0.154. The van der Waals surface area contributed by atoms with Crippen molar-refractivity contribution in [3.8, 4) is 5.75 Å². The first-order valence-corrected chi connectivity index (χ1v) is 6.48. The Morgan fingerprint density at radius 3 is 2.80 bits per heavy atom. The molecule has 0 saturated carbocycles. The van der Waals surface area contributed by atoms with Crippen LogP contribution in [-0.4, -0.2) is 21.9 Å². The lowest BCUT2D eigenvalue weighted by atomic mass is 10.2. The number of benzene rings is 1. The molecule has 0 amide bonds. The number of hydrogen-bond acceptors (Lipinski definition) is 4. The normalized spacial score (nSPS) is 10.3. The number of ketones is 1. The van der Waals surface area contributed by atoms with Crippen molar-refractivity contribution in [3.63, 3.8) is 0 Å². The van der Waals surface area contributed by atoms with Crippen LogP contribution in [0.2, 0.25) is 0 Å². The van der Waals surface area contributed by atoms with E-state index in [1.807, 2.05) is 7.05 Å². The summed E-state index contributed by atoms with van der Waals surface area (Å²) >= 11 is 3.16. The second-order valence-electron chi connectivity index (χ2n) is 4.18. The lowest BCUT2D eigenvalue weighted by Gasteiger charge is -2.05. The number of Topliss-reactive ketones (excluding diaryl/α,β-unsaturated/α-hetero) is 1. The summed E-state index contributed by atoms with van der Waals surface area (Å²) in [5.41, 5.74) is 0.443. The topological polar surface area (TPSA) is 74.4 Å². The maximum absolute atomic E-state index is 11.9. The first kappa shape index (κ1) is 14.3. The molecule has 2 rings (SSSR count). The van der Waals surface area contributed by atoms with Gasteiger partial charge < -0.3 is 9.30 Å². The van der Waals surface area contributed by atoms with Crippen LogP contribution in [0.1, 0.15) is 10.4 Å². The second-order valence-corrected chi connectivity index (χ2v) is 5.10. The van der Waals surface area contributed by atoms with Crippen LogP contribution in [0.3, 0.4) is 0 Å². The van der Waals surface area contributed by atoms with Crippen molar-refractivity contribution < 1.29 is 14.5 Å². The summed E-state index contributed by atoms with van der Waals surface area (Å²) in [7, 11) is 1.81. The van der Waals surface area contributed by atoms with E-state index in [0.29, 0.717) is 10.0 Å². The molecule has 0 aliphatic heterocycles. The van der Waals surface area contributed by atoms with Gasteiger partial charge in [0.05, 0.1) is 11.0 Å². The van der Waals surface area contributed by atoms with Gasteiger partial charge in [-0.1, -0.05) is 15.9 Å². The zero-order chi connectivity index (χ0) is 14.7. The molecule has 0 aliphatic rings. The third-order valence-electron chi connectivity index (χ3n) is 2.59. The maximum Gasteiger partial charge on any atom is 0.274 e. The highest BCUT2D eigenvalue weighted by molar-refractivity contribution is 9.10. The van der Waals surface area contributed by atoms with Gasteiger partial charge in [0, 0.05) is 35.5 Å². The van der Waals surface area contributed by atoms with Crippen LogP contribution in [0.5, 0.6) is 5.75 Å². The molecule has 0 radical (unpaired) electrons. The van der Waals surface area contributed by atoms with E-state index in [9.17, 15) is 14.9 Å². The van der Waals surface area contributed by atoms with Crippen molar-refractivity contribution >= 4 is 27.4 Å². The molecule has 20 heavy (non-hydrogen) atoms. The third kappa shape index (κ3) is 3.45. The van der Waals surface area contributed by atoms with Crippen LogP contribution in [0.15, 0.2) is 41.1 Å². The number of carbonyl (C=O) groups excluding carboxylic acids is 1. The SMILES string of the molecule is Cn1ccc(C(=O)COc2cc(Br)cc([N+](=O)[O-])c2)c1. The summed E-state index contributed by atoms with van der Waals surface area (Å²) in [6.07, 6.45) is 3.45. The first-order valence-electron chi connectivity index (χ1n) is 5.68. The summed E-state index contributed by atoms with van der Waals surface area (Å²) < 4.78 is 7.59. The molecular weight excluding hydrogens is 328 g/mol. The monoisotopic (exact) mass is 338 g/mol. The fourth-order valence-electron chi connectivity index (χ4n) is 1.64. The quantitative estimate of drug-likeness (QED) is 0.477. The van der Waals surface area contributed by atoms with E-state index in [0.717, 1.165) is 0 Å². The maximum atomic E-state index is 11.9. The molecule has 0 bridgehead atoms. The Hall–Kier alpha value is -2.15. The smallest absolute Gasteiger partial charge is 0.274 e. The Bertz CT molecular complexity index is 666. The van der Waals surface area contributed by atoms with Gasteiger partial charge in [0.15, 0.2) is 6.61 Å². The van der Waals surface area contributed by atoms with Gasteiger partial charge in [0.25, 0.3) is 5.69 Å². The van der Waals surface area contributed by atoms with Gasteiger partial charge in [0.2, 0.25) is 5.78 Å². The van der Waals surface area contributed by atoms with Gasteiger partial charge in [-0.25, -0.2) is 0 Å². The number of non-ortho nitro benzene ring substituents is 1. The minimum Gasteiger partial charge on any atom is -0.485 e.